The molecule has 0 spiro atoms. The third-order valence-electron chi connectivity index (χ3n) is 5.99. The molecular weight excluding hydrogens is 382 g/mol. The molecule has 0 fully saturated rings. The molecule has 4 nitrogen and oxygen atoms in total. The molecule has 4 heteroatoms. The van der Waals surface area contributed by atoms with Crippen LogP contribution in [0.4, 0.5) is 11.4 Å². The van der Waals surface area contributed by atoms with E-state index >= 15 is 0 Å². The lowest BCUT2D eigenvalue weighted by atomic mass is 9.99. The van der Waals surface area contributed by atoms with Gasteiger partial charge in [0.25, 0.3) is 0 Å². The maximum absolute atomic E-state index is 6.66. The third-order valence-corrected chi connectivity index (χ3v) is 5.99. The van der Waals surface area contributed by atoms with Crippen LogP contribution in [0, 0.1) is 0 Å². The number of benzene rings is 4. The molecule has 0 radical (unpaired) electrons. The summed E-state index contributed by atoms with van der Waals surface area (Å²) in [5, 5.41) is 10.3. The molecule has 2 N–H and O–H groups in total. The van der Waals surface area contributed by atoms with Crippen LogP contribution in [0.3, 0.4) is 0 Å². The van der Waals surface area contributed by atoms with Crippen molar-refractivity contribution >= 4 is 38.8 Å². The van der Waals surface area contributed by atoms with Crippen LogP contribution in [-0.4, -0.2) is 5.71 Å². The minimum absolute atomic E-state index is 0.0861. The number of hydrazone groups is 1. The van der Waals surface area contributed by atoms with Crippen LogP contribution < -0.4 is 10.7 Å². The van der Waals surface area contributed by atoms with Gasteiger partial charge in [-0.05, 0) is 34.5 Å². The fourth-order valence-corrected chi connectivity index (χ4v) is 4.51. The molecule has 0 aliphatic carbocycles. The average molecular weight is 403 g/mol. The number of nitrogen functional groups attached to an aromatic ring is 1. The van der Waals surface area contributed by atoms with Gasteiger partial charge in [0.05, 0.1) is 22.8 Å². The summed E-state index contributed by atoms with van der Waals surface area (Å²) in [6.45, 7) is 0. The first-order chi connectivity index (χ1) is 15.3. The summed E-state index contributed by atoms with van der Waals surface area (Å²) in [6, 6.07) is 33.1. The topological polar surface area (TPSA) is 54.8 Å². The molecular formula is C27H21N3O. The van der Waals surface area contributed by atoms with Crippen molar-refractivity contribution in [3.05, 3.63) is 108 Å². The van der Waals surface area contributed by atoms with Gasteiger partial charge >= 0.3 is 0 Å². The van der Waals surface area contributed by atoms with Gasteiger partial charge in [-0.3, -0.25) is 5.01 Å². The molecule has 1 aliphatic heterocycles. The summed E-state index contributed by atoms with van der Waals surface area (Å²) < 4.78 is 6.28. The molecule has 6 rings (SSSR count). The number of hydrogen-bond acceptors (Lipinski definition) is 4. The van der Waals surface area contributed by atoms with Crippen LogP contribution in [0.25, 0.3) is 21.7 Å². The van der Waals surface area contributed by atoms with E-state index in [-0.39, 0.29) is 6.04 Å². The molecule has 150 valence electrons. The first-order valence-corrected chi connectivity index (χ1v) is 10.5. The summed E-state index contributed by atoms with van der Waals surface area (Å²) in [7, 11) is 0. The Morgan fingerprint density at radius 1 is 0.806 bits per heavy atom. The van der Waals surface area contributed by atoms with Crippen molar-refractivity contribution in [1.82, 2.24) is 0 Å². The van der Waals surface area contributed by atoms with Crippen LogP contribution in [0.2, 0.25) is 0 Å². The zero-order chi connectivity index (χ0) is 20.8. The molecule has 5 aromatic rings. The highest BCUT2D eigenvalue weighted by Crippen LogP contribution is 2.41. The Bertz CT molecular complexity index is 1420. The van der Waals surface area contributed by atoms with E-state index in [0.29, 0.717) is 11.4 Å². The molecule has 0 amide bonds. The van der Waals surface area contributed by atoms with E-state index in [1.807, 2.05) is 42.5 Å². The summed E-state index contributed by atoms with van der Waals surface area (Å²) in [4.78, 5) is 0. The Hall–Kier alpha value is -4.05. The molecule has 1 aliphatic rings. The highest BCUT2D eigenvalue weighted by molar-refractivity contribution is 6.18. The number of hydrogen-bond donors (Lipinski definition) is 1. The second-order valence-electron chi connectivity index (χ2n) is 7.86. The summed E-state index contributed by atoms with van der Waals surface area (Å²) in [6.07, 6.45) is 0.723. The SMILES string of the molecule is Nc1c(C2=NN(c3ccccc3)C(c3ccccc3)C2)oc2ccc3ccccc3c12. The van der Waals surface area contributed by atoms with E-state index in [0.717, 1.165) is 39.6 Å². The summed E-state index contributed by atoms with van der Waals surface area (Å²) in [5.74, 6) is 0.672. The van der Waals surface area contributed by atoms with Crippen LogP contribution >= 0.6 is 0 Å². The Morgan fingerprint density at radius 3 is 2.32 bits per heavy atom. The molecule has 1 atom stereocenters. The number of para-hydroxylation sites is 1. The molecule has 4 aromatic carbocycles. The van der Waals surface area contributed by atoms with Crippen LogP contribution in [0.5, 0.6) is 0 Å². The van der Waals surface area contributed by atoms with Crippen molar-refractivity contribution in [2.24, 2.45) is 5.10 Å². The van der Waals surface area contributed by atoms with Gasteiger partial charge in [0.15, 0.2) is 5.76 Å². The highest BCUT2D eigenvalue weighted by Gasteiger charge is 2.32. The Morgan fingerprint density at radius 2 is 1.52 bits per heavy atom. The summed E-state index contributed by atoms with van der Waals surface area (Å²) in [5.41, 5.74) is 11.2. The zero-order valence-corrected chi connectivity index (χ0v) is 16.9. The monoisotopic (exact) mass is 403 g/mol. The van der Waals surface area contributed by atoms with Gasteiger partial charge in [-0.2, -0.15) is 5.10 Å². The molecule has 1 unspecified atom stereocenters. The first kappa shape index (κ1) is 17.8. The molecule has 2 heterocycles. The minimum Gasteiger partial charge on any atom is -0.452 e. The number of rotatable bonds is 3. The van der Waals surface area contributed by atoms with Gasteiger partial charge in [0.1, 0.15) is 11.3 Å². The number of nitrogens with two attached hydrogens (primary N) is 1. The van der Waals surface area contributed by atoms with Gasteiger partial charge in [-0.1, -0.05) is 78.9 Å². The fourth-order valence-electron chi connectivity index (χ4n) is 4.51. The Labute approximate surface area is 180 Å². The van der Waals surface area contributed by atoms with Crippen LogP contribution in [-0.2, 0) is 0 Å². The number of fused-ring (bicyclic) bond motifs is 3. The van der Waals surface area contributed by atoms with Crippen molar-refractivity contribution in [3.8, 4) is 0 Å². The Kier molecular flexibility index (Phi) is 4.03. The van der Waals surface area contributed by atoms with E-state index in [9.17, 15) is 0 Å². The zero-order valence-electron chi connectivity index (χ0n) is 16.9. The normalized spacial score (nSPS) is 16.2. The van der Waals surface area contributed by atoms with Gasteiger partial charge in [0, 0.05) is 6.42 Å². The van der Waals surface area contributed by atoms with E-state index in [1.165, 1.54) is 5.56 Å². The third kappa shape index (κ3) is 2.88. The predicted octanol–water partition coefficient (Wildman–Crippen LogP) is 6.52. The number of nitrogens with zero attached hydrogens (tertiary/aromatic N) is 2. The predicted molar refractivity (Wildman–Crippen MR) is 127 cm³/mol. The number of anilines is 2. The average Bonchev–Trinajstić information content (AvgIpc) is 3.42. The minimum atomic E-state index is 0.0861. The highest BCUT2D eigenvalue weighted by atomic mass is 16.3. The van der Waals surface area contributed by atoms with Gasteiger partial charge < -0.3 is 10.2 Å². The maximum atomic E-state index is 6.66. The molecule has 1 aromatic heterocycles. The molecule has 0 bridgehead atoms. The van der Waals surface area contributed by atoms with Crippen molar-refractivity contribution in [2.75, 3.05) is 10.7 Å². The van der Waals surface area contributed by atoms with E-state index in [4.69, 9.17) is 15.3 Å². The second kappa shape index (κ2) is 7.03. The lowest BCUT2D eigenvalue weighted by molar-refractivity contribution is 0.604. The van der Waals surface area contributed by atoms with Crippen molar-refractivity contribution in [1.29, 1.82) is 0 Å². The van der Waals surface area contributed by atoms with Gasteiger partial charge in [0.2, 0.25) is 0 Å². The van der Waals surface area contributed by atoms with Gasteiger partial charge in [-0.15, -0.1) is 0 Å². The number of furan rings is 1. The van der Waals surface area contributed by atoms with Crippen LogP contribution in [0.1, 0.15) is 23.8 Å². The lowest BCUT2D eigenvalue weighted by Crippen LogP contribution is -2.18. The molecule has 31 heavy (non-hydrogen) atoms. The fraction of sp³-hybridized carbons (Fsp3) is 0.0741. The van der Waals surface area contributed by atoms with E-state index in [2.05, 4.69) is 59.6 Å². The first-order valence-electron chi connectivity index (χ1n) is 10.5. The van der Waals surface area contributed by atoms with Gasteiger partial charge in [-0.25, -0.2) is 0 Å². The van der Waals surface area contributed by atoms with E-state index < -0.39 is 0 Å². The summed E-state index contributed by atoms with van der Waals surface area (Å²) >= 11 is 0. The molecule has 0 saturated carbocycles. The lowest BCUT2D eigenvalue weighted by Gasteiger charge is -2.23. The molecule has 0 saturated heterocycles. The quantitative estimate of drug-likeness (QED) is 0.373. The van der Waals surface area contributed by atoms with Crippen molar-refractivity contribution in [2.45, 2.75) is 12.5 Å². The van der Waals surface area contributed by atoms with Crippen molar-refractivity contribution in [3.63, 3.8) is 0 Å². The largest absolute Gasteiger partial charge is 0.452 e. The second-order valence-corrected chi connectivity index (χ2v) is 7.86. The maximum Gasteiger partial charge on any atom is 0.174 e. The standard InChI is InChI=1S/C27H21N3O/c28-26-25-21-14-8-7-9-18(21)15-16-24(25)31-27(26)22-17-23(19-10-3-1-4-11-19)30(29-22)20-12-5-2-6-13-20/h1-16,23H,17,28H2. The van der Waals surface area contributed by atoms with Crippen molar-refractivity contribution < 1.29 is 4.42 Å². The smallest absolute Gasteiger partial charge is 0.174 e. The Balaban J connectivity index is 1.50. The van der Waals surface area contributed by atoms with E-state index in [1.54, 1.807) is 0 Å². The van der Waals surface area contributed by atoms with Crippen LogP contribution in [0.15, 0.2) is 107 Å².